The zero-order valence-corrected chi connectivity index (χ0v) is 13.7. The monoisotopic (exact) mass is 336 g/mol. The normalized spacial score (nSPS) is 10.5. The van der Waals surface area contributed by atoms with Gasteiger partial charge in [-0.15, -0.1) is 0 Å². The number of hydrogen-bond donors (Lipinski definition) is 1. The van der Waals surface area contributed by atoms with E-state index in [0.717, 1.165) is 11.1 Å². The minimum atomic E-state index is -0.560. The molecule has 1 heterocycles. The van der Waals surface area contributed by atoms with Crippen LogP contribution in [0.5, 0.6) is 0 Å². The van der Waals surface area contributed by atoms with Gasteiger partial charge in [-0.05, 0) is 48.4 Å². The van der Waals surface area contributed by atoms with Crippen LogP contribution in [-0.2, 0) is 6.54 Å². The van der Waals surface area contributed by atoms with Crippen LogP contribution < -0.4 is 10.9 Å². The molecule has 1 aromatic heterocycles. The molecule has 3 aromatic rings. The molecule has 1 amide bonds. The molecule has 0 unspecified atom stereocenters. The molecule has 25 heavy (non-hydrogen) atoms. The highest BCUT2D eigenvalue weighted by molar-refractivity contribution is 6.03. The van der Waals surface area contributed by atoms with Crippen LogP contribution in [0.25, 0.3) is 0 Å². The maximum atomic E-state index is 13.2. The Balaban J connectivity index is 1.87. The molecule has 2 aromatic carbocycles. The molecule has 1 N–H and O–H groups in total. The topological polar surface area (TPSA) is 51.1 Å². The molecular formula is C20H17FN2O2. The van der Waals surface area contributed by atoms with Crippen LogP contribution in [0.15, 0.2) is 71.7 Å². The van der Waals surface area contributed by atoms with Gasteiger partial charge < -0.3 is 9.88 Å². The fraction of sp³-hybridized carbons (Fsp3) is 0.100. The lowest BCUT2D eigenvalue weighted by Crippen LogP contribution is -2.29. The number of aryl methyl sites for hydroxylation is 1. The molecule has 0 radical (unpaired) electrons. The van der Waals surface area contributed by atoms with E-state index in [1.165, 1.54) is 28.8 Å². The van der Waals surface area contributed by atoms with Gasteiger partial charge in [-0.2, -0.15) is 0 Å². The average molecular weight is 336 g/mol. The lowest BCUT2D eigenvalue weighted by Gasteiger charge is -2.10. The number of rotatable bonds is 4. The van der Waals surface area contributed by atoms with Gasteiger partial charge >= 0.3 is 0 Å². The van der Waals surface area contributed by atoms with Crippen LogP contribution in [0, 0.1) is 12.7 Å². The van der Waals surface area contributed by atoms with Gasteiger partial charge in [0.2, 0.25) is 0 Å². The fourth-order valence-electron chi connectivity index (χ4n) is 2.57. The number of anilines is 1. The van der Waals surface area contributed by atoms with Gasteiger partial charge in [-0.3, -0.25) is 9.59 Å². The molecule has 3 rings (SSSR count). The second-order valence-corrected chi connectivity index (χ2v) is 5.75. The van der Waals surface area contributed by atoms with Crippen molar-refractivity contribution in [3.05, 3.63) is 99.7 Å². The van der Waals surface area contributed by atoms with Gasteiger partial charge in [0.1, 0.15) is 11.4 Å². The van der Waals surface area contributed by atoms with Crippen LogP contribution in [-0.4, -0.2) is 10.5 Å². The number of hydrogen-bond acceptors (Lipinski definition) is 2. The van der Waals surface area contributed by atoms with E-state index in [2.05, 4.69) is 5.32 Å². The third-order valence-corrected chi connectivity index (χ3v) is 3.95. The number of pyridine rings is 1. The van der Waals surface area contributed by atoms with Crippen LogP contribution in [0.1, 0.15) is 21.5 Å². The third-order valence-electron chi connectivity index (χ3n) is 3.95. The first kappa shape index (κ1) is 16.6. The molecule has 0 spiro atoms. The lowest BCUT2D eigenvalue weighted by atomic mass is 10.1. The fourth-order valence-corrected chi connectivity index (χ4v) is 2.57. The van der Waals surface area contributed by atoms with E-state index >= 15 is 0 Å². The minimum absolute atomic E-state index is 0.0142. The summed E-state index contributed by atoms with van der Waals surface area (Å²) >= 11 is 0. The summed E-state index contributed by atoms with van der Waals surface area (Å²) in [5, 5.41) is 2.55. The summed E-state index contributed by atoms with van der Waals surface area (Å²) in [5.41, 5.74) is 2.01. The van der Waals surface area contributed by atoms with Gasteiger partial charge in [0.25, 0.3) is 11.5 Å². The summed E-state index contributed by atoms with van der Waals surface area (Å²) in [6, 6.07) is 16.4. The van der Waals surface area contributed by atoms with E-state index in [4.69, 9.17) is 0 Å². The summed E-state index contributed by atoms with van der Waals surface area (Å²) in [4.78, 5) is 25.0. The van der Waals surface area contributed by atoms with Gasteiger partial charge in [0, 0.05) is 11.9 Å². The summed E-state index contributed by atoms with van der Waals surface area (Å²) in [5.74, 6) is -1.02. The standard InChI is InChI=1S/C20H17FN2O2/c1-14-6-2-3-7-15(14)13-23-11-5-10-18(20(23)25)19(24)22-17-9-4-8-16(21)12-17/h2-12H,13H2,1H3,(H,22,24). The second-order valence-electron chi connectivity index (χ2n) is 5.75. The molecule has 0 atom stereocenters. The first-order chi connectivity index (χ1) is 12.0. The van der Waals surface area contributed by atoms with E-state index in [1.54, 1.807) is 18.3 Å². The minimum Gasteiger partial charge on any atom is -0.322 e. The number of halogens is 1. The zero-order valence-electron chi connectivity index (χ0n) is 13.7. The predicted octanol–water partition coefficient (Wildman–Crippen LogP) is 3.60. The Bertz CT molecular complexity index is 979. The Hall–Kier alpha value is -3.21. The van der Waals surface area contributed by atoms with E-state index in [0.29, 0.717) is 12.2 Å². The Morgan fingerprint density at radius 3 is 2.64 bits per heavy atom. The largest absolute Gasteiger partial charge is 0.322 e. The maximum absolute atomic E-state index is 13.2. The van der Waals surface area contributed by atoms with Crippen LogP contribution in [0.4, 0.5) is 10.1 Å². The zero-order chi connectivity index (χ0) is 17.8. The summed E-state index contributed by atoms with van der Waals surface area (Å²) in [6.45, 7) is 2.35. The Labute approximate surface area is 144 Å². The number of carbonyl (C=O) groups excluding carboxylic acids is 1. The van der Waals surface area contributed by atoms with Crippen molar-refractivity contribution < 1.29 is 9.18 Å². The molecule has 126 valence electrons. The van der Waals surface area contributed by atoms with Crippen molar-refractivity contribution in [2.75, 3.05) is 5.32 Å². The highest BCUT2D eigenvalue weighted by Gasteiger charge is 2.13. The smallest absolute Gasteiger partial charge is 0.263 e. The van der Waals surface area contributed by atoms with Crippen molar-refractivity contribution in [1.82, 2.24) is 4.57 Å². The number of nitrogens with zero attached hydrogens (tertiary/aromatic N) is 1. The van der Waals surface area contributed by atoms with Gasteiger partial charge in [0.05, 0.1) is 6.54 Å². The number of carbonyl (C=O) groups is 1. The van der Waals surface area contributed by atoms with E-state index < -0.39 is 11.7 Å². The molecule has 0 bridgehead atoms. The SMILES string of the molecule is Cc1ccccc1Cn1cccc(C(=O)Nc2cccc(F)c2)c1=O. The third kappa shape index (κ3) is 3.83. The highest BCUT2D eigenvalue weighted by atomic mass is 19.1. The van der Waals surface area contributed by atoms with Gasteiger partial charge in [-0.1, -0.05) is 30.3 Å². The average Bonchev–Trinajstić information content (AvgIpc) is 2.58. The molecular weight excluding hydrogens is 319 g/mol. The molecule has 0 aliphatic carbocycles. The molecule has 5 heteroatoms. The molecule has 0 aliphatic rings. The Kier molecular flexibility index (Phi) is 4.75. The van der Waals surface area contributed by atoms with Crippen molar-refractivity contribution in [2.24, 2.45) is 0 Å². The first-order valence-corrected chi connectivity index (χ1v) is 7.85. The maximum Gasteiger partial charge on any atom is 0.263 e. The quantitative estimate of drug-likeness (QED) is 0.791. The Morgan fingerprint density at radius 1 is 1.08 bits per heavy atom. The summed E-state index contributed by atoms with van der Waals surface area (Å²) < 4.78 is 14.7. The van der Waals surface area contributed by atoms with Crippen molar-refractivity contribution in [1.29, 1.82) is 0 Å². The van der Waals surface area contributed by atoms with Gasteiger partial charge in [0.15, 0.2) is 0 Å². The van der Waals surface area contributed by atoms with Crippen LogP contribution in [0.2, 0.25) is 0 Å². The lowest BCUT2D eigenvalue weighted by molar-refractivity contribution is 0.102. The van der Waals surface area contributed by atoms with Crippen molar-refractivity contribution >= 4 is 11.6 Å². The van der Waals surface area contributed by atoms with Gasteiger partial charge in [-0.25, -0.2) is 4.39 Å². The molecule has 0 aliphatic heterocycles. The number of amides is 1. The molecule has 0 fully saturated rings. The first-order valence-electron chi connectivity index (χ1n) is 7.85. The summed E-state index contributed by atoms with van der Waals surface area (Å²) in [7, 11) is 0. The van der Waals surface area contributed by atoms with Crippen LogP contribution >= 0.6 is 0 Å². The van der Waals surface area contributed by atoms with E-state index in [9.17, 15) is 14.0 Å². The molecule has 4 nitrogen and oxygen atoms in total. The molecule has 0 saturated heterocycles. The van der Waals surface area contributed by atoms with Crippen molar-refractivity contribution in [2.45, 2.75) is 13.5 Å². The number of aromatic nitrogens is 1. The Morgan fingerprint density at radius 2 is 1.88 bits per heavy atom. The van der Waals surface area contributed by atoms with Crippen molar-refractivity contribution in [3.63, 3.8) is 0 Å². The number of benzene rings is 2. The van der Waals surface area contributed by atoms with Crippen LogP contribution in [0.3, 0.4) is 0 Å². The predicted molar refractivity (Wildman–Crippen MR) is 95.3 cm³/mol. The van der Waals surface area contributed by atoms with E-state index in [1.807, 2.05) is 31.2 Å². The summed E-state index contributed by atoms with van der Waals surface area (Å²) in [6.07, 6.45) is 1.65. The molecule has 0 saturated carbocycles. The van der Waals surface area contributed by atoms with E-state index in [-0.39, 0.29) is 11.1 Å². The second kappa shape index (κ2) is 7.13. The van der Waals surface area contributed by atoms with Crippen molar-refractivity contribution in [3.8, 4) is 0 Å². The number of nitrogens with one attached hydrogen (secondary N) is 1. The highest BCUT2D eigenvalue weighted by Crippen LogP contribution is 2.11.